The van der Waals surface area contributed by atoms with E-state index in [1.807, 2.05) is 12.2 Å². The highest BCUT2D eigenvalue weighted by molar-refractivity contribution is 7.80. The molecule has 0 aromatic heterocycles. The van der Waals surface area contributed by atoms with Crippen LogP contribution in [0.5, 0.6) is 0 Å². The van der Waals surface area contributed by atoms with E-state index in [-0.39, 0.29) is 19.6 Å². The fourth-order valence-corrected chi connectivity index (χ4v) is 5.61. The van der Waals surface area contributed by atoms with Gasteiger partial charge in [0, 0.05) is 13.0 Å². The smallest absolute Gasteiger partial charge is 0.397 e. The van der Waals surface area contributed by atoms with E-state index < -0.39 is 59.8 Å². The third kappa shape index (κ3) is 24.6. The molecule has 0 amide bonds. The molecular formula is C38H64O12S. The molecule has 0 aliphatic carbocycles. The number of ether oxygens (including phenoxy) is 4. The average molecular weight is 745 g/mol. The summed E-state index contributed by atoms with van der Waals surface area (Å²) in [6.07, 6.45) is 25.7. The summed E-state index contributed by atoms with van der Waals surface area (Å²) in [4.78, 5) is 12.7. The van der Waals surface area contributed by atoms with Crippen LogP contribution in [0.4, 0.5) is 0 Å². The molecule has 0 aromatic rings. The third-order valence-corrected chi connectivity index (χ3v) is 8.33. The maximum Gasteiger partial charge on any atom is 0.397 e. The van der Waals surface area contributed by atoms with Crippen molar-refractivity contribution >= 4 is 16.4 Å². The van der Waals surface area contributed by atoms with E-state index in [4.69, 9.17) is 23.5 Å². The van der Waals surface area contributed by atoms with Gasteiger partial charge in [-0.25, -0.2) is 4.18 Å². The number of rotatable bonds is 30. The van der Waals surface area contributed by atoms with Crippen molar-refractivity contribution in [2.75, 3.05) is 26.4 Å². The maximum atomic E-state index is 12.7. The Morgan fingerprint density at radius 3 is 1.98 bits per heavy atom. The Kier molecular flexibility index (Phi) is 27.8. The zero-order valence-corrected chi connectivity index (χ0v) is 31.5. The van der Waals surface area contributed by atoms with Gasteiger partial charge in [0.15, 0.2) is 6.29 Å². The van der Waals surface area contributed by atoms with Gasteiger partial charge in [-0.05, 0) is 57.8 Å². The average Bonchev–Trinajstić information content (AvgIpc) is 3.09. The topological polar surface area (TPSA) is 178 Å². The second-order valence-corrected chi connectivity index (χ2v) is 13.5. The molecule has 4 N–H and O–H groups in total. The Morgan fingerprint density at radius 2 is 1.35 bits per heavy atom. The number of aliphatic hydroxyl groups excluding tert-OH is 3. The van der Waals surface area contributed by atoms with Crippen LogP contribution in [0.25, 0.3) is 0 Å². The van der Waals surface area contributed by atoms with Crippen LogP contribution in [0, 0.1) is 0 Å². The SMILES string of the molecule is CC/C=C\C/C=C\C/C=C\C/C=C\CCC(=O)OC(COCCCCCCCC/C=C\CCC)COC1OC(CO)C(O)C(OS(=O)(=O)O)C1O. The van der Waals surface area contributed by atoms with Crippen LogP contribution in [0.1, 0.15) is 110 Å². The molecule has 13 heteroatoms. The number of unbranched alkanes of at least 4 members (excludes halogenated alkanes) is 7. The minimum Gasteiger partial charge on any atom is -0.457 e. The normalized spacial score (nSPS) is 22.4. The molecule has 0 bridgehead atoms. The predicted octanol–water partition coefficient (Wildman–Crippen LogP) is 6.23. The summed E-state index contributed by atoms with van der Waals surface area (Å²) in [5.74, 6) is -0.486. The van der Waals surface area contributed by atoms with Crippen molar-refractivity contribution in [2.24, 2.45) is 0 Å². The molecule has 1 fully saturated rings. The van der Waals surface area contributed by atoms with Crippen LogP contribution in [-0.4, -0.2) is 97.5 Å². The second-order valence-electron chi connectivity index (χ2n) is 12.4. The Labute approximate surface area is 306 Å². The van der Waals surface area contributed by atoms with Crippen molar-refractivity contribution in [3.8, 4) is 0 Å². The second kappa shape index (κ2) is 30.3. The Morgan fingerprint density at radius 1 is 0.765 bits per heavy atom. The monoisotopic (exact) mass is 744 g/mol. The van der Waals surface area contributed by atoms with Gasteiger partial charge >= 0.3 is 16.4 Å². The van der Waals surface area contributed by atoms with E-state index in [0.29, 0.717) is 13.0 Å². The molecule has 1 aliphatic heterocycles. The van der Waals surface area contributed by atoms with Crippen LogP contribution >= 0.6 is 0 Å². The lowest BCUT2D eigenvalue weighted by Crippen LogP contribution is -2.60. The number of hydrogen-bond donors (Lipinski definition) is 4. The van der Waals surface area contributed by atoms with E-state index in [1.165, 1.54) is 19.3 Å². The van der Waals surface area contributed by atoms with Crippen LogP contribution in [0.3, 0.4) is 0 Å². The predicted molar refractivity (Wildman–Crippen MR) is 197 cm³/mol. The zero-order chi connectivity index (χ0) is 37.6. The number of carbonyl (C=O) groups is 1. The van der Waals surface area contributed by atoms with Gasteiger partial charge in [-0.3, -0.25) is 9.35 Å². The molecule has 6 atom stereocenters. The molecule has 294 valence electrons. The highest BCUT2D eigenvalue weighted by Gasteiger charge is 2.48. The molecule has 51 heavy (non-hydrogen) atoms. The van der Waals surface area contributed by atoms with Gasteiger partial charge in [-0.2, -0.15) is 8.42 Å². The van der Waals surface area contributed by atoms with E-state index >= 15 is 0 Å². The number of hydrogen-bond acceptors (Lipinski definition) is 11. The van der Waals surface area contributed by atoms with Crippen molar-refractivity contribution in [3.63, 3.8) is 0 Å². The van der Waals surface area contributed by atoms with E-state index in [1.54, 1.807) is 0 Å². The van der Waals surface area contributed by atoms with Crippen molar-refractivity contribution < 1.29 is 56.2 Å². The van der Waals surface area contributed by atoms with E-state index in [9.17, 15) is 28.5 Å². The van der Waals surface area contributed by atoms with Gasteiger partial charge in [0.25, 0.3) is 0 Å². The first-order valence-electron chi connectivity index (χ1n) is 18.5. The number of allylic oxidation sites excluding steroid dienone is 10. The summed E-state index contributed by atoms with van der Waals surface area (Å²) in [6, 6.07) is 0. The van der Waals surface area contributed by atoms with E-state index in [0.717, 1.165) is 64.2 Å². The van der Waals surface area contributed by atoms with Crippen LogP contribution < -0.4 is 0 Å². The Bertz CT molecular complexity index is 1130. The Hall–Kier alpha value is -2.20. The van der Waals surface area contributed by atoms with Crippen molar-refractivity contribution in [1.82, 2.24) is 0 Å². The lowest BCUT2D eigenvalue weighted by molar-refractivity contribution is -0.301. The molecule has 1 aliphatic rings. The van der Waals surface area contributed by atoms with E-state index in [2.05, 4.69) is 66.6 Å². The zero-order valence-electron chi connectivity index (χ0n) is 30.6. The first-order chi connectivity index (χ1) is 24.6. The lowest BCUT2D eigenvalue weighted by atomic mass is 9.99. The summed E-state index contributed by atoms with van der Waals surface area (Å²) in [6.45, 7) is 3.66. The molecule has 1 heterocycles. The van der Waals surface area contributed by atoms with Crippen molar-refractivity contribution in [3.05, 3.63) is 60.8 Å². The highest BCUT2D eigenvalue weighted by atomic mass is 32.3. The Balaban J connectivity index is 2.60. The van der Waals surface area contributed by atoms with Crippen molar-refractivity contribution in [2.45, 2.75) is 147 Å². The van der Waals surface area contributed by atoms with Crippen LogP contribution in [0.2, 0.25) is 0 Å². The van der Waals surface area contributed by atoms with Gasteiger partial charge in [0.05, 0.1) is 19.8 Å². The summed E-state index contributed by atoms with van der Waals surface area (Å²) in [7, 11) is -5.07. The summed E-state index contributed by atoms with van der Waals surface area (Å²) >= 11 is 0. The number of carbonyl (C=O) groups excluding carboxylic acids is 1. The van der Waals surface area contributed by atoms with Gasteiger partial charge in [0.1, 0.15) is 30.5 Å². The molecule has 1 rings (SSSR count). The van der Waals surface area contributed by atoms with Crippen LogP contribution in [-0.2, 0) is 38.3 Å². The molecule has 12 nitrogen and oxygen atoms in total. The van der Waals surface area contributed by atoms with Crippen molar-refractivity contribution in [1.29, 1.82) is 0 Å². The third-order valence-electron chi connectivity index (χ3n) is 7.87. The quantitative estimate of drug-likeness (QED) is 0.0283. The summed E-state index contributed by atoms with van der Waals surface area (Å²) in [5, 5.41) is 30.5. The number of aliphatic hydroxyl groups is 3. The summed E-state index contributed by atoms with van der Waals surface area (Å²) in [5.41, 5.74) is 0. The fraction of sp³-hybridized carbons (Fsp3) is 0.711. The minimum absolute atomic E-state index is 0.000374. The van der Waals surface area contributed by atoms with Gasteiger partial charge in [-0.1, -0.05) is 107 Å². The standard InChI is InChI=1S/C38H64O12S/c1-3-5-7-9-11-13-15-16-17-19-21-23-25-27-34(40)48-32(30-46-28-26-24-22-20-18-14-12-10-8-6-4-2)31-47-38-36(42)37(50-51(43,44)45)35(41)33(29-39)49-38/h5,7-8,10-11,13,16-17,21,23,32-33,35-39,41-42H,3-4,6,9,12,14-15,18-20,22,24-31H2,1-2H3,(H,43,44,45)/b7-5-,10-8-,13-11-,17-16-,23-21-. The summed E-state index contributed by atoms with van der Waals surface area (Å²) < 4.78 is 58.6. The first-order valence-corrected chi connectivity index (χ1v) is 19.9. The van der Waals surface area contributed by atoms with Gasteiger partial charge < -0.3 is 34.3 Å². The maximum absolute atomic E-state index is 12.7. The molecule has 1 saturated heterocycles. The molecule has 0 aromatic carbocycles. The fourth-order valence-electron chi connectivity index (χ4n) is 5.10. The molecule has 0 saturated carbocycles. The molecular weight excluding hydrogens is 680 g/mol. The van der Waals surface area contributed by atoms with Gasteiger partial charge in [0.2, 0.25) is 0 Å². The minimum atomic E-state index is -5.07. The lowest BCUT2D eigenvalue weighted by Gasteiger charge is -2.41. The highest BCUT2D eigenvalue weighted by Crippen LogP contribution is 2.26. The largest absolute Gasteiger partial charge is 0.457 e. The van der Waals surface area contributed by atoms with Crippen LogP contribution in [0.15, 0.2) is 60.8 Å². The molecule has 0 radical (unpaired) electrons. The molecule has 6 unspecified atom stereocenters. The molecule has 0 spiro atoms. The first kappa shape index (κ1) is 46.8. The number of esters is 1. The van der Waals surface area contributed by atoms with Gasteiger partial charge in [-0.15, -0.1) is 0 Å².